The average Bonchev–Trinajstić information content (AvgIpc) is 2.82. The van der Waals surface area contributed by atoms with Crippen LogP contribution in [0.5, 0.6) is 0 Å². The maximum atomic E-state index is 12.9. The summed E-state index contributed by atoms with van der Waals surface area (Å²) >= 11 is 1.28. The third-order valence-corrected chi connectivity index (χ3v) is 4.24. The fraction of sp³-hybridized carbons (Fsp3) is 0.333. The summed E-state index contributed by atoms with van der Waals surface area (Å²) in [5, 5.41) is 12.4. The molecule has 0 saturated carbocycles. The van der Waals surface area contributed by atoms with E-state index < -0.39 is 0 Å². The number of nitrogens with zero attached hydrogens (tertiary/aromatic N) is 1. The molecule has 1 aromatic heterocycles. The zero-order chi connectivity index (χ0) is 15.4. The summed E-state index contributed by atoms with van der Waals surface area (Å²) < 4.78 is 12.9. The van der Waals surface area contributed by atoms with Crippen LogP contribution in [0.3, 0.4) is 0 Å². The van der Waals surface area contributed by atoms with Crippen molar-refractivity contribution in [2.24, 2.45) is 0 Å². The molecule has 0 saturated heterocycles. The fourth-order valence-corrected chi connectivity index (χ4v) is 2.85. The molecule has 0 aliphatic carbocycles. The largest absolute Gasteiger partial charge is 0.396 e. The van der Waals surface area contributed by atoms with Crippen LogP contribution in [0.4, 0.5) is 4.39 Å². The summed E-state index contributed by atoms with van der Waals surface area (Å²) in [6.07, 6.45) is 0.508. The lowest BCUT2D eigenvalue weighted by molar-refractivity contribution is 0.0937. The van der Waals surface area contributed by atoms with Gasteiger partial charge in [-0.1, -0.05) is 0 Å². The standard InChI is InChI=1S/C15H17FN2O2S/c1-9(7-8-19)17-14(20)13-10(2)18-15(21-13)11-3-5-12(16)6-4-11/h3-6,9,19H,7-8H2,1-2H3,(H,17,20). The predicted octanol–water partition coefficient (Wildman–Crippen LogP) is 2.76. The van der Waals surface area contributed by atoms with Crippen LogP contribution in [0.2, 0.25) is 0 Å². The minimum absolute atomic E-state index is 0.0317. The summed E-state index contributed by atoms with van der Waals surface area (Å²) in [6.45, 7) is 3.64. The van der Waals surface area contributed by atoms with Crippen LogP contribution in [-0.2, 0) is 0 Å². The molecular formula is C15H17FN2O2S. The molecule has 0 bridgehead atoms. The summed E-state index contributed by atoms with van der Waals surface area (Å²) in [6, 6.07) is 5.93. The van der Waals surface area contributed by atoms with Gasteiger partial charge in [0, 0.05) is 18.2 Å². The molecule has 1 atom stereocenters. The van der Waals surface area contributed by atoms with Gasteiger partial charge in [-0.2, -0.15) is 0 Å². The Bertz CT molecular complexity index is 625. The highest BCUT2D eigenvalue weighted by Crippen LogP contribution is 2.28. The summed E-state index contributed by atoms with van der Waals surface area (Å²) in [5.74, 6) is -0.498. The number of carbonyl (C=O) groups excluding carboxylic acids is 1. The number of aromatic nitrogens is 1. The van der Waals surface area contributed by atoms with Crippen LogP contribution in [0.1, 0.15) is 28.7 Å². The highest BCUT2D eigenvalue weighted by atomic mass is 32.1. The summed E-state index contributed by atoms with van der Waals surface area (Å²) in [7, 11) is 0. The number of aliphatic hydroxyl groups is 1. The molecule has 2 N–H and O–H groups in total. The number of carbonyl (C=O) groups is 1. The Kier molecular flexibility index (Phi) is 5.03. The number of thiazole rings is 1. The Hall–Kier alpha value is -1.79. The Morgan fingerprint density at radius 3 is 2.71 bits per heavy atom. The molecule has 6 heteroatoms. The van der Waals surface area contributed by atoms with Gasteiger partial charge in [-0.05, 0) is 44.5 Å². The summed E-state index contributed by atoms with van der Waals surface area (Å²) in [4.78, 5) is 17.1. The quantitative estimate of drug-likeness (QED) is 0.893. The Labute approximate surface area is 126 Å². The van der Waals surface area contributed by atoms with Crippen molar-refractivity contribution in [2.75, 3.05) is 6.61 Å². The summed E-state index contributed by atoms with van der Waals surface area (Å²) in [5.41, 5.74) is 1.43. The molecule has 4 nitrogen and oxygen atoms in total. The molecule has 112 valence electrons. The molecular weight excluding hydrogens is 291 g/mol. The third kappa shape index (κ3) is 3.86. The molecule has 2 aromatic rings. The molecule has 0 aliphatic rings. The van der Waals surface area contributed by atoms with Gasteiger partial charge in [-0.25, -0.2) is 9.37 Å². The number of hydrogen-bond acceptors (Lipinski definition) is 4. The molecule has 1 aromatic carbocycles. The van der Waals surface area contributed by atoms with Gasteiger partial charge >= 0.3 is 0 Å². The first kappa shape index (κ1) is 15.6. The predicted molar refractivity (Wildman–Crippen MR) is 80.9 cm³/mol. The minimum Gasteiger partial charge on any atom is -0.396 e. The smallest absolute Gasteiger partial charge is 0.263 e. The first-order valence-corrected chi connectivity index (χ1v) is 7.48. The molecule has 0 radical (unpaired) electrons. The number of aliphatic hydroxyl groups excluding tert-OH is 1. The van der Waals surface area contributed by atoms with Crippen molar-refractivity contribution in [3.8, 4) is 10.6 Å². The van der Waals surface area contributed by atoms with Crippen molar-refractivity contribution in [3.63, 3.8) is 0 Å². The Morgan fingerprint density at radius 2 is 2.10 bits per heavy atom. The van der Waals surface area contributed by atoms with Gasteiger partial charge in [0.05, 0.1) is 5.69 Å². The van der Waals surface area contributed by atoms with E-state index in [-0.39, 0.29) is 24.4 Å². The third-order valence-electron chi connectivity index (χ3n) is 3.03. The van der Waals surface area contributed by atoms with Crippen LogP contribution >= 0.6 is 11.3 Å². The zero-order valence-corrected chi connectivity index (χ0v) is 12.7. The van der Waals surface area contributed by atoms with Gasteiger partial charge in [-0.15, -0.1) is 11.3 Å². The van der Waals surface area contributed by atoms with Crippen molar-refractivity contribution in [3.05, 3.63) is 40.7 Å². The van der Waals surface area contributed by atoms with E-state index in [9.17, 15) is 9.18 Å². The number of benzene rings is 1. The van der Waals surface area contributed by atoms with Gasteiger partial charge < -0.3 is 10.4 Å². The second-order valence-corrected chi connectivity index (χ2v) is 5.83. The minimum atomic E-state index is -0.303. The number of halogens is 1. The van der Waals surface area contributed by atoms with Crippen molar-refractivity contribution >= 4 is 17.2 Å². The molecule has 0 aliphatic heterocycles. The van der Waals surface area contributed by atoms with Crippen LogP contribution < -0.4 is 5.32 Å². The lowest BCUT2D eigenvalue weighted by Gasteiger charge is -2.11. The molecule has 1 heterocycles. The molecule has 1 unspecified atom stereocenters. The second-order valence-electron chi connectivity index (χ2n) is 4.83. The van der Waals surface area contributed by atoms with Crippen LogP contribution in [-0.4, -0.2) is 28.6 Å². The number of hydrogen-bond donors (Lipinski definition) is 2. The van der Waals surface area contributed by atoms with E-state index in [1.807, 2.05) is 6.92 Å². The monoisotopic (exact) mass is 308 g/mol. The van der Waals surface area contributed by atoms with E-state index in [4.69, 9.17) is 5.11 Å². The van der Waals surface area contributed by atoms with Gasteiger partial charge in [0.15, 0.2) is 0 Å². The highest BCUT2D eigenvalue weighted by Gasteiger charge is 2.17. The second kappa shape index (κ2) is 6.78. The van der Waals surface area contributed by atoms with Crippen molar-refractivity contribution < 1.29 is 14.3 Å². The van der Waals surface area contributed by atoms with Crippen molar-refractivity contribution in [2.45, 2.75) is 26.3 Å². The maximum absolute atomic E-state index is 12.9. The zero-order valence-electron chi connectivity index (χ0n) is 11.9. The molecule has 0 spiro atoms. The van der Waals surface area contributed by atoms with Crippen LogP contribution in [0.25, 0.3) is 10.6 Å². The molecule has 1 amide bonds. The lowest BCUT2D eigenvalue weighted by Crippen LogP contribution is -2.33. The van der Waals surface area contributed by atoms with Crippen LogP contribution in [0, 0.1) is 12.7 Å². The number of amides is 1. The number of aryl methyl sites for hydroxylation is 1. The number of nitrogens with one attached hydrogen (secondary N) is 1. The average molecular weight is 308 g/mol. The first-order chi connectivity index (χ1) is 10.0. The fourth-order valence-electron chi connectivity index (χ4n) is 1.88. The SMILES string of the molecule is Cc1nc(-c2ccc(F)cc2)sc1C(=O)NC(C)CCO. The number of rotatable bonds is 5. The van der Waals surface area contributed by atoms with E-state index >= 15 is 0 Å². The lowest BCUT2D eigenvalue weighted by atomic mass is 10.2. The molecule has 21 heavy (non-hydrogen) atoms. The highest BCUT2D eigenvalue weighted by molar-refractivity contribution is 7.17. The van der Waals surface area contributed by atoms with Gasteiger partial charge in [0.25, 0.3) is 5.91 Å². The molecule has 2 rings (SSSR count). The normalized spacial score (nSPS) is 12.2. The van der Waals surface area contributed by atoms with Gasteiger partial charge in [0.2, 0.25) is 0 Å². The van der Waals surface area contributed by atoms with E-state index in [1.165, 1.54) is 23.5 Å². The van der Waals surface area contributed by atoms with Gasteiger partial charge in [-0.3, -0.25) is 4.79 Å². The van der Waals surface area contributed by atoms with E-state index in [0.717, 1.165) is 5.56 Å². The Balaban J connectivity index is 2.19. The van der Waals surface area contributed by atoms with E-state index in [1.54, 1.807) is 19.1 Å². The maximum Gasteiger partial charge on any atom is 0.263 e. The van der Waals surface area contributed by atoms with Crippen molar-refractivity contribution in [1.82, 2.24) is 10.3 Å². The van der Waals surface area contributed by atoms with E-state index in [0.29, 0.717) is 22.0 Å². The topological polar surface area (TPSA) is 62.2 Å². The Morgan fingerprint density at radius 1 is 1.43 bits per heavy atom. The van der Waals surface area contributed by atoms with E-state index in [2.05, 4.69) is 10.3 Å². The first-order valence-electron chi connectivity index (χ1n) is 6.66. The van der Waals surface area contributed by atoms with Crippen LogP contribution in [0.15, 0.2) is 24.3 Å². The van der Waals surface area contributed by atoms with Crippen molar-refractivity contribution in [1.29, 1.82) is 0 Å². The van der Waals surface area contributed by atoms with Gasteiger partial charge in [0.1, 0.15) is 15.7 Å². The molecule has 0 fully saturated rings.